The molecule has 0 N–H and O–H groups in total. The van der Waals surface area contributed by atoms with Gasteiger partial charge < -0.3 is 9.13 Å². The molecule has 0 fully saturated rings. The van der Waals surface area contributed by atoms with Crippen molar-refractivity contribution in [2.45, 2.75) is 0 Å². The fourth-order valence-corrected chi connectivity index (χ4v) is 7.39. The van der Waals surface area contributed by atoms with Crippen LogP contribution in [0.15, 0.2) is 158 Å². The van der Waals surface area contributed by atoms with Crippen LogP contribution in [-0.4, -0.2) is 9.13 Å². The monoisotopic (exact) mass is 610 g/mol. The summed E-state index contributed by atoms with van der Waals surface area (Å²) in [5.41, 5.74) is 10.8. The third-order valence-electron chi connectivity index (χ3n) is 9.42. The van der Waals surface area contributed by atoms with Gasteiger partial charge in [-0.05, 0) is 53.6 Å². The Morgan fingerprint density at radius 1 is 0.396 bits per heavy atom. The number of hydrogen-bond acceptors (Lipinski definition) is 2. The number of hydrogen-bond donors (Lipinski definition) is 0. The molecule has 0 saturated carbocycles. The zero-order chi connectivity index (χ0) is 32.2. The van der Waals surface area contributed by atoms with E-state index in [9.17, 15) is 10.5 Å². The molecule has 9 rings (SSSR count). The van der Waals surface area contributed by atoms with Crippen LogP contribution in [-0.2, 0) is 0 Å². The van der Waals surface area contributed by atoms with E-state index in [1.807, 2.05) is 60.7 Å². The second-order valence-electron chi connectivity index (χ2n) is 11.9. The zero-order valence-corrected chi connectivity index (χ0v) is 25.8. The molecule has 9 aromatic rings. The lowest BCUT2D eigenvalue weighted by Crippen LogP contribution is -2.01. The van der Waals surface area contributed by atoms with Gasteiger partial charge in [0.05, 0.1) is 44.6 Å². The van der Waals surface area contributed by atoms with E-state index in [0.29, 0.717) is 11.1 Å². The second kappa shape index (κ2) is 10.9. The molecular formula is C44H26N4. The summed E-state index contributed by atoms with van der Waals surface area (Å²) in [7, 11) is 0. The lowest BCUT2D eigenvalue weighted by molar-refractivity contribution is 1.17. The molecule has 0 aliphatic heterocycles. The summed E-state index contributed by atoms with van der Waals surface area (Å²) in [4.78, 5) is 0. The van der Waals surface area contributed by atoms with Crippen molar-refractivity contribution in [2.24, 2.45) is 0 Å². The molecule has 4 nitrogen and oxygen atoms in total. The second-order valence-corrected chi connectivity index (χ2v) is 11.9. The van der Waals surface area contributed by atoms with E-state index in [1.54, 1.807) is 0 Å². The van der Waals surface area contributed by atoms with Gasteiger partial charge in [0.15, 0.2) is 0 Å². The van der Waals surface area contributed by atoms with Crippen LogP contribution >= 0.6 is 0 Å². The van der Waals surface area contributed by atoms with E-state index >= 15 is 0 Å². The quantitative estimate of drug-likeness (QED) is 0.199. The highest BCUT2D eigenvalue weighted by Crippen LogP contribution is 2.40. The maximum Gasteiger partial charge on any atom is 0.102 e. The third kappa shape index (κ3) is 4.01. The Bertz CT molecular complexity index is 2710. The highest BCUT2D eigenvalue weighted by Gasteiger charge is 2.20. The molecule has 2 aromatic heterocycles. The minimum atomic E-state index is 0.593. The first kappa shape index (κ1) is 27.4. The molecule has 0 aliphatic carbocycles. The molecular weight excluding hydrogens is 585 g/mol. The van der Waals surface area contributed by atoms with Gasteiger partial charge in [0.2, 0.25) is 0 Å². The number of aromatic nitrogens is 2. The van der Waals surface area contributed by atoms with Gasteiger partial charge in [-0.3, -0.25) is 0 Å². The fourth-order valence-electron chi connectivity index (χ4n) is 7.39. The number of nitrogens with zero attached hydrogens (tertiary/aromatic N) is 4. The smallest absolute Gasteiger partial charge is 0.102 e. The van der Waals surface area contributed by atoms with Crippen molar-refractivity contribution in [1.29, 1.82) is 10.5 Å². The number of rotatable bonds is 4. The van der Waals surface area contributed by atoms with Gasteiger partial charge in [-0.1, -0.05) is 115 Å². The van der Waals surface area contributed by atoms with Crippen molar-refractivity contribution in [3.8, 4) is 45.8 Å². The highest BCUT2D eigenvalue weighted by atomic mass is 15.0. The standard InChI is InChI=1S/C44H26N4/c45-27-31-14-10-20-33(44(31)48-41-23-7-3-17-36(41)37-18-4-8-24-42(37)48)30-13-9-12-29(26-30)32-19-11-25-43(38(32)28-46)47-39-21-5-1-15-34(39)35-16-2-6-22-40(35)47/h1-26H. The summed E-state index contributed by atoms with van der Waals surface area (Å²) in [5, 5.41) is 25.7. The SMILES string of the molecule is N#Cc1cccc(-c2cccc(-c3cccc(-n4c5ccccc5c5ccccc54)c3C#N)c2)c1-n1c2ccccc2c2ccccc21. The Balaban J connectivity index is 1.27. The van der Waals surface area contributed by atoms with Crippen molar-refractivity contribution in [1.82, 2.24) is 9.13 Å². The third-order valence-corrected chi connectivity index (χ3v) is 9.42. The summed E-state index contributed by atoms with van der Waals surface area (Å²) >= 11 is 0. The molecule has 48 heavy (non-hydrogen) atoms. The maximum atomic E-state index is 10.7. The molecule has 0 amide bonds. The Kier molecular flexibility index (Phi) is 6.22. The van der Waals surface area contributed by atoms with Gasteiger partial charge in [0.1, 0.15) is 12.1 Å². The first-order chi connectivity index (χ1) is 23.8. The van der Waals surface area contributed by atoms with Crippen LogP contribution < -0.4 is 0 Å². The van der Waals surface area contributed by atoms with Crippen LogP contribution in [0.4, 0.5) is 0 Å². The van der Waals surface area contributed by atoms with Crippen molar-refractivity contribution in [3.63, 3.8) is 0 Å². The molecule has 0 unspecified atom stereocenters. The first-order valence-electron chi connectivity index (χ1n) is 15.9. The normalized spacial score (nSPS) is 11.3. The van der Waals surface area contributed by atoms with Gasteiger partial charge >= 0.3 is 0 Å². The average Bonchev–Trinajstić information content (AvgIpc) is 3.67. The molecule has 0 saturated heterocycles. The van der Waals surface area contributed by atoms with Gasteiger partial charge in [0.25, 0.3) is 0 Å². The van der Waals surface area contributed by atoms with Gasteiger partial charge in [-0.2, -0.15) is 10.5 Å². The molecule has 0 spiro atoms. The van der Waals surface area contributed by atoms with Crippen molar-refractivity contribution in [3.05, 3.63) is 169 Å². The van der Waals surface area contributed by atoms with Crippen LogP contribution in [0.2, 0.25) is 0 Å². The average molecular weight is 611 g/mol. The van der Waals surface area contributed by atoms with Crippen molar-refractivity contribution in [2.75, 3.05) is 0 Å². The number of fused-ring (bicyclic) bond motifs is 6. The maximum absolute atomic E-state index is 10.7. The van der Waals surface area contributed by atoms with Gasteiger partial charge in [0, 0.05) is 32.7 Å². The lowest BCUT2D eigenvalue weighted by Gasteiger charge is -2.17. The molecule has 2 heterocycles. The van der Waals surface area contributed by atoms with E-state index in [4.69, 9.17) is 0 Å². The Hall–Kier alpha value is -6.88. The van der Waals surface area contributed by atoms with Crippen LogP contribution in [0, 0.1) is 22.7 Å². The van der Waals surface area contributed by atoms with Gasteiger partial charge in [-0.15, -0.1) is 0 Å². The van der Waals surface area contributed by atoms with E-state index in [0.717, 1.165) is 77.2 Å². The fraction of sp³-hybridized carbons (Fsp3) is 0. The Morgan fingerprint density at radius 2 is 0.854 bits per heavy atom. The minimum Gasteiger partial charge on any atom is -0.308 e. The zero-order valence-electron chi connectivity index (χ0n) is 25.8. The number of para-hydroxylation sites is 5. The van der Waals surface area contributed by atoms with E-state index in [2.05, 4.69) is 118 Å². The van der Waals surface area contributed by atoms with E-state index in [-0.39, 0.29) is 0 Å². The van der Waals surface area contributed by atoms with Crippen LogP contribution in [0.1, 0.15) is 11.1 Å². The van der Waals surface area contributed by atoms with Crippen LogP contribution in [0.3, 0.4) is 0 Å². The largest absolute Gasteiger partial charge is 0.308 e. The Morgan fingerprint density at radius 3 is 1.40 bits per heavy atom. The summed E-state index contributed by atoms with van der Waals surface area (Å²) in [5.74, 6) is 0. The molecule has 0 aliphatic rings. The van der Waals surface area contributed by atoms with E-state index in [1.165, 1.54) is 0 Å². The summed E-state index contributed by atoms with van der Waals surface area (Å²) in [6.07, 6.45) is 0. The lowest BCUT2D eigenvalue weighted by atomic mass is 9.93. The minimum absolute atomic E-state index is 0.593. The molecule has 0 bridgehead atoms. The summed E-state index contributed by atoms with van der Waals surface area (Å²) in [6.45, 7) is 0. The predicted octanol–water partition coefficient (Wildman–Crippen LogP) is 11.0. The molecule has 0 atom stereocenters. The van der Waals surface area contributed by atoms with E-state index < -0.39 is 0 Å². The van der Waals surface area contributed by atoms with Crippen LogP contribution in [0.5, 0.6) is 0 Å². The first-order valence-corrected chi connectivity index (χ1v) is 15.9. The topological polar surface area (TPSA) is 57.4 Å². The molecule has 222 valence electrons. The summed E-state index contributed by atoms with van der Waals surface area (Å²) < 4.78 is 4.42. The van der Waals surface area contributed by atoms with Gasteiger partial charge in [-0.25, -0.2) is 0 Å². The molecule has 7 aromatic carbocycles. The molecule has 4 heteroatoms. The van der Waals surface area contributed by atoms with Crippen LogP contribution in [0.25, 0.3) is 77.2 Å². The summed E-state index contributed by atoms with van der Waals surface area (Å²) in [6, 6.07) is 58.7. The predicted molar refractivity (Wildman–Crippen MR) is 195 cm³/mol. The Labute approximate surface area is 277 Å². The number of nitriles is 2. The number of benzene rings is 7. The van der Waals surface area contributed by atoms with Crippen molar-refractivity contribution >= 4 is 43.6 Å². The van der Waals surface area contributed by atoms with Crippen molar-refractivity contribution < 1.29 is 0 Å². The molecule has 0 radical (unpaired) electrons. The highest BCUT2D eigenvalue weighted by molar-refractivity contribution is 6.11.